The predicted molar refractivity (Wildman–Crippen MR) is 68.0 cm³/mol. The van der Waals surface area contributed by atoms with Crippen molar-refractivity contribution in [2.45, 2.75) is 13.0 Å². The van der Waals surface area contributed by atoms with Crippen LogP contribution in [0.3, 0.4) is 0 Å². The van der Waals surface area contributed by atoms with Crippen molar-refractivity contribution in [2.75, 3.05) is 13.3 Å². The Hall–Kier alpha value is -1.61. The molecule has 2 nitrogen and oxygen atoms in total. The van der Waals surface area contributed by atoms with Crippen molar-refractivity contribution in [3.63, 3.8) is 0 Å². The van der Waals surface area contributed by atoms with Crippen molar-refractivity contribution in [2.24, 2.45) is 5.73 Å². The van der Waals surface area contributed by atoms with Crippen molar-refractivity contribution in [3.05, 3.63) is 42.0 Å². The molecule has 3 heteroatoms. The zero-order valence-corrected chi connectivity index (χ0v) is 9.82. The number of benzene rings is 2. The van der Waals surface area contributed by atoms with Gasteiger partial charge in [0, 0.05) is 5.56 Å². The number of hydrogen-bond donors (Lipinski definition) is 1. The quantitative estimate of drug-likeness (QED) is 0.880. The molecule has 0 heterocycles. The van der Waals surface area contributed by atoms with Crippen LogP contribution in [0, 0.1) is 0 Å². The molecule has 90 valence electrons. The van der Waals surface area contributed by atoms with Crippen LogP contribution in [-0.2, 0) is 0 Å². The summed E-state index contributed by atoms with van der Waals surface area (Å²) in [5, 5.41) is 2.01. The van der Waals surface area contributed by atoms with Crippen LogP contribution in [0.5, 0.6) is 5.75 Å². The molecule has 0 aliphatic carbocycles. The Bertz CT molecular complexity index is 513. The SMILES string of the molecule is CCOc1ccc2ccccc2c1[C@H](N)CF. The van der Waals surface area contributed by atoms with Gasteiger partial charge < -0.3 is 10.5 Å². The summed E-state index contributed by atoms with van der Waals surface area (Å²) in [6.45, 7) is 1.86. The van der Waals surface area contributed by atoms with E-state index in [4.69, 9.17) is 10.5 Å². The van der Waals surface area contributed by atoms with Gasteiger partial charge in [-0.05, 0) is 23.8 Å². The predicted octanol–water partition coefficient (Wildman–Crippen LogP) is 3.21. The molecule has 1 atom stereocenters. The van der Waals surface area contributed by atoms with Gasteiger partial charge in [-0.2, -0.15) is 0 Å². The molecule has 0 fully saturated rings. The molecule has 0 amide bonds. The third kappa shape index (κ3) is 2.24. The van der Waals surface area contributed by atoms with Crippen LogP contribution in [0.1, 0.15) is 18.5 Å². The molecular weight excluding hydrogens is 217 g/mol. The third-order valence-electron chi connectivity index (χ3n) is 2.77. The first-order valence-electron chi connectivity index (χ1n) is 5.74. The highest BCUT2D eigenvalue weighted by Gasteiger charge is 2.15. The molecule has 2 aromatic carbocycles. The Labute approximate surface area is 100 Å². The van der Waals surface area contributed by atoms with Gasteiger partial charge in [0.2, 0.25) is 0 Å². The van der Waals surface area contributed by atoms with Crippen molar-refractivity contribution in [1.82, 2.24) is 0 Å². The molecule has 0 spiro atoms. The monoisotopic (exact) mass is 233 g/mol. The van der Waals surface area contributed by atoms with Crippen LogP contribution in [0.25, 0.3) is 10.8 Å². The lowest BCUT2D eigenvalue weighted by atomic mass is 9.98. The molecule has 0 aromatic heterocycles. The van der Waals surface area contributed by atoms with Gasteiger partial charge in [-0.25, -0.2) is 4.39 Å². The molecule has 2 N–H and O–H groups in total. The van der Waals surface area contributed by atoms with Gasteiger partial charge in [0.1, 0.15) is 12.4 Å². The summed E-state index contributed by atoms with van der Waals surface area (Å²) >= 11 is 0. The molecule has 2 rings (SSSR count). The fraction of sp³-hybridized carbons (Fsp3) is 0.286. The van der Waals surface area contributed by atoms with E-state index < -0.39 is 12.7 Å². The van der Waals surface area contributed by atoms with Crippen LogP contribution < -0.4 is 10.5 Å². The summed E-state index contributed by atoms with van der Waals surface area (Å²) in [5.74, 6) is 0.677. The average Bonchev–Trinajstić information content (AvgIpc) is 2.38. The second-order valence-electron chi connectivity index (χ2n) is 3.89. The normalized spacial score (nSPS) is 12.6. The molecule has 0 bridgehead atoms. The standard InChI is InChI=1S/C14H16FNO/c1-2-17-13-8-7-10-5-3-4-6-11(10)14(13)12(16)9-15/h3-8,12H,2,9,16H2,1H3/t12-/m1/s1. The van der Waals surface area contributed by atoms with Crippen molar-refractivity contribution in [1.29, 1.82) is 0 Å². The zero-order chi connectivity index (χ0) is 12.3. The van der Waals surface area contributed by atoms with E-state index >= 15 is 0 Å². The van der Waals surface area contributed by atoms with Crippen LogP contribution in [0.15, 0.2) is 36.4 Å². The zero-order valence-electron chi connectivity index (χ0n) is 9.82. The van der Waals surface area contributed by atoms with E-state index in [2.05, 4.69) is 0 Å². The van der Waals surface area contributed by atoms with Gasteiger partial charge in [0.05, 0.1) is 12.6 Å². The molecule has 0 aliphatic heterocycles. The highest BCUT2D eigenvalue weighted by molar-refractivity contribution is 5.88. The maximum absolute atomic E-state index is 12.8. The molecule has 2 aromatic rings. The minimum atomic E-state index is -0.636. The first-order chi connectivity index (χ1) is 8.27. The van der Waals surface area contributed by atoms with E-state index in [-0.39, 0.29) is 0 Å². The molecule has 0 saturated heterocycles. The summed E-state index contributed by atoms with van der Waals surface area (Å²) in [7, 11) is 0. The molecular formula is C14H16FNO. The number of alkyl halides is 1. The second-order valence-corrected chi connectivity index (χ2v) is 3.89. The molecule has 0 saturated carbocycles. The van der Waals surface area contributed by atoms with Gasteiger partial charge in [-0.3, -0.25) is 0 Å². The summed E-state index contributed by atoms with van der Waals surface area (Å²) in [6, 6.07) is 11.0. The number of fused-ring (bicyclic) bond motifs is 1. The van der Waals surface area contributed by atoms with Crippen molar-refractivity contribution >= 4 is 10.8 Å². The molecule has 17 heavy (non-hydrogen) atoms. The Morgan fingerprint density at radius 2 is 2.00 bits per heavy atom. The van der Waals surface area contributed by atoms with Crippen LogP contribution in [0.2, 0.25) is 0 Å². The number of halogens is 1. The maximum atomic E-state index is 12.8. The number of ether oxygens (including phenoxy) is 1. The Balaban J connectivity index is 2.65. The number of rotatable bonds is 4. The van der Waals surface area contributed by atoms with Gasteiger partial charge in [-0.1, -0.05) is 30.3 Å². The van der Waals surface area contributed by atoms with Gasteiger partial charge in [-0.15, -0.1) is 0 Å². The third-order valence-corrected chi connectivity index (χ3v) is 2.77. The summed E-state index contributed by atoms with van der Waals surface area (Å²) in [5.41, 5.74) is 6.59. The Morgan fingerprint density at radius 1 is 1.24 bits per heavy atom. The van der Waals surface area contributed by atoms with Gasteiger partial charge >= 0.3 is 0 Å². The van der Waals surface area contributed by atoms with E-state index in [0.717, 1.165) is 16.3 Å². The van der Waals surface area contributed by atoms with Crippen LogP contribution >= 0.6 is 0 Å². The largest absolute Gasteiger partial charge is 0.494 e. The van der Waals surface area contributed by atoms with Crippen molar-refractivity contribution in [3.8, 4) is 5.75 Å². The van der Waals surface area contributed by atoms with E-state index in [1.54, 1.807) is 0 Å². The summed E-state index contributed by atoms with van der Waals surface area (Å²) in [4.78, 5) is 0. The number of nitrogens with two attached hydrogens (primary N) is 1. The molecule has 0 aliphatic rings. The first kappa shape index (κ1) is 11.9. The van der Waals surface area contributed by atoms with E-state index in [1.165, 1.54) is 0 Å². The summed E-state index contributed by atoms with van der Waals surface area (Å²) in [6.07, 6.45) is 0. The van der Waals surface area contributed by atoms with E-state index in [0.29, 0.717) is 12.4 Å². The lowest BCUT2D eigenvalue weighted by molar-refractivity contribution is 0.330. The van der Waals surface area contributed by atoms with Crippen molar-refractivity contribution < 1.29 is 9.13 Å². The smallest absolute Gasteiger partial charge is 0.124 e. The highest BCUT2D eigenvalue weighted by atomic mass is 19.1. The second kappa shape index (κ2) is 5.15. The first-order valence-corrected chi connectivity index (χ1v) is 5.74. The van der Waals surface area contributed by atoms with E-state index in [1.807, 2.05) is 43.3 Å². The Morgan fingerprint density at radius 3 is 2.71 bits per heavy atom. The fourth-order valence-corrected chi connectivity index (χ4v) is 2.02. The van der Waals surface area contributed by atoms with Gasteiger partial charge in [0.25, 0.3) is 0 Å². The van der Waals surface area contributed by atoms with Gasteiger partial charge in [0.15, 0.2) is 0 Å². The fourth-order valence-electron chi connectivity index (χ4n) is 2.02. The minimum absolute atomic E-state index is 0.546. The molecule has 0 radical (unpaired) electrons. The van der Waals surface area contributed by atoms with Crippen LogP contribution in [-0.4, -0.2) is 13.3 Å². The van der Waals surface area contributed by atoms with Crippen LogP contribution in [0.4, 0.5) is 4.39 Å². The topological polar surface area (TPSA) is 35.2 Å². The molecule has 0 unspecified atom stereocenters. The Kier molecular flexibility index (Phi) is 3.59. The number of hydrogen-bond acceptors (Lipinski definition) is 2. The summed E-state index contributed by atoms with van der Waals surface area (Å²) < 4.78 is 18.4. The van der Waals surface area contributed by atoms with E-state index in [9.17, 15) is 4.39 Å². The highest BCUT2D eigenvalue weighted by Crippen LogP contribution is 2.32. The maximum Gasteiger partial charge on any atom is 0.124 e. The lowest BCUT2D eigenvalue weighted by Crippen LogP contribution is -2.14. The minimum Gasteiger partial charge on any atom is -0.494 e. The lowest BCUT2D eigenvalue weighted by Gasteiger charge is -2.16. The average molecular weight is 233 g/mol.